The molecule has 0 saturated carbocycles. The second-order valence-electron chi connectivity index (χ2n) is 4.12. The summed E-state index contributed by atoms with van der Waals surface area (Å²) >= 11 is 5.95. The van der Waals surface area contributed by atoms with Crippen LogP contribution in [0.4, 0.5) is 5.82 Å². The fraction of sp³-hybridized carbons (Fsp3) is 0.308. The van der Waals surface area contributed by atoms with E-state index in [0.717, 1.165) is 29.3 Å². The Morgan fingerprint density at radius 1 is 1.39 bits per heavy atom. The maximum atomic E-state index is 5.95. The van der Waals surface area contributed by atoms with Crippen molar-refractivity contribution >= 4 is 17.4 Å². The summed E-state index contributed by atoms with van der Waals surface area (Å²) in [4.78, 5) is 0. The zero-order chi connectivity index (χ0) is 13.0. The van der Waals surface area contributed by atoms with Crippen LogP contribution in [0.3, 0.4) is 0 Å². The molecule has 18 heavy (non-hydrogen) atoms. The number of nitrogens with two attached hydrogens (primary N) is 1. The van der Waals surface area contributed by atoms with Gasteiger partial charge in [-0.1, -0.05) is 11.6 Å². The normalized spacial score (nSPS) is 10.6. The van der Waals surface area contributed by atoms with E-state index in [1.807, 2.05) is 36.0 Å². The molecule has 0 aliphatic rings. The highest BCUT2D eigenvalue weighted by Crippen LogP contribution is 2.21. The number of nitrogen functional groups attached to an aromatic ring is 1. The van der Waals surface area contributed by atoms with Crippen LogP contribution in [0.2, 0.25) is 5.02 Å². The molecular weight excluding hydrogens is 250 g/mol. The topological polar surface area (TPSA) is 53.1 Å². The maximum Gasteiger partial charge on any atom is 0.145 e. The zero-order valence-corrected chi connectivity index (χ0v) is 11.0. The number of halogens is 1. The van der Waals surface area contributed by atoms with Crippen molar-refractivity contribution in [1.82, 2.24) is 9.78 Å². The van der Waals surface area contributed by atoms with Crippen molar-refractivity contribution in [3.05, 3.63) is 41.0 Å². The minimum atomic E-state index is 0.546. The Kier molecular flexibility index (Phi) is 4.10. The van der Waals surface area contributed by atoms with Crippen molar-refractivity contribution < 1.29 is 4.74 Å². The van der Waals surface area contributed by atoms with Gasteiger partial charge in [-0.15, -0.1) is 0 Å². The van der Waals surface area contributed by atoms with Crippen LogP contribution in [0.25, 0.3) is 0 Å². The number of aromatic nitrogens is 2. The van der Waals surface area contributed by atoms with Crippen LogP contribution >= 0.6 is 11.6 Å². The molecule has 2 N–H and O–H groups in total. The molecule has 0 unspecified atom stereocenters. The van der Waals surface area contributed by atoms with Crippen molar-refractivity contribution in [2.24, 2.45) is 0 Å². The fourth-order valence-electron chi connectivity index (χ4n) is 1.63. The van der Waals surface area contributed by atoms with Crippen molar-refractivity contribution in [2.45, 2.75) is 19.9 Å². The molecule has 0 bridgehead atoms. The second-order valence-corrected chi connectivity index (χ2v) is 4.52. The molecule has 1 heterocycles. The highest BCUT2D eigenvalue weighted by Gasteiger charge is 1.99. The number of hydrogen-bond donors (Lipinski definition) is 1. The molecule has 0 amide bonds. The van der Waals surface area contributed by atoms with Crippen LogP contribution in [0, 0.1) is 6.92 Å². The molecule has 0 spiro atoms. The smallest absolute Gasteiger partial charge is 0.145 e. The van der Waals surface area contributed by atoms with Gasteiger partial charge in [-0.3, -0.25) is 4.68 Å². The van der Waals surface area contributed by atoms with Gasteiger partial charge in [-0.2, -0.15) is 5.10 Å². The van der Waals surface area contributed by atoms with Crippen LogP contribution in [0.1, 0.15) is 12.0 Å². The molecule has 2 aromatic rings. The van der Waals surface area contributed by atoms with E-state index in [1.54, 1.807) is 6.07 Å². The van der Waals surface area contributed by atoms with Gasteiger partial charge in [-0.25, -0.2) is 0 Å². The Hall–Kier alpha value is -1.68. The summed E-state index contributed by atoms with van der Waals surface area (Å²) in [5.74, 6) is 1.39. The number of anilines is 1. The fourth-order valence-corrected chi connectivity index (χ4v) is 1.74. The highest BCUT2D eigenvalue weighted by molar-refractivity contribution is 6.31. The van der Waals surface area contributed by atoms with Crippen LogP contribution < -0.4 is 10.5 Å². The number of nitrogens with zero attached hydrogens (tertiary/aromatic N) is 2. The monoisotopic (exact) mass is 265 g/mol. The lowest BCUT2D eigenvalue weighted by atomic mass is 10.2. The maximum absolute atomic E-state index is 5.95. The van der Waals surface area contributed by atoms with E-state index in [0.29, 0.717) is 12.4 Å². The first-order valence-corrected chi connectivity index (χ1v) is 6.21. The number of rotatable bonds is 5. The number of hydrogen-bond acceptors (Lipinski definition) is 3. The average molecular weight is 266 g/mol. The van der Waals surface area contributed by atoms with Crippen LogP contribution in [0.15, 0.2) is 30.5 Å². The Labute approximate surface area is 111 Å². The lowest BCUT2D eigenvalue weighted by molar-refractivity contribution is 0.298. The molecule has 0 aliphatic heterocycles. The summed E-state index contributed by atoms with van der Waals surface area (Å²) in [5, 5.41) is 4.86. The molecule has 5 heteroatoms. The Bertz CT molecular complexity index is 525. The van der Waals surface area contributed by atoms with E-state index in [9.17, 15) is 0 Å². The van der Waals surface area contributed by atoms with Crippen molar-refractivity contribution in [3.8, 4) is 5.75 Å². The minimum absolute atomic E-state index is 0.546. The van der Waals surface area contributed by atoms with Gasteiger partial charge < -0.3 is 10.5 Å². The van der Waals surface area contributed by atoms with E-state index < -0.39 is 0 Å². The average Bonchev–Trinajstić information content (AvgIpc) is 2.75. The Morgan fingerprint density at radius 2 is 2.22 bits per heavy atom. The van der Waals surface area contributed by atoms with Crippen LogP contribution in [-0.2, 0) is 6.54 Å². The van der Waals surface area contributed by atoms with Gasteiger partial charge in [0.2, 0.25) is 0 Å². The first-order valence-electron chi connectivity index (χ1n) is 5.83. The highest BCUT2D eigenvalue weighted by atomic mass is 35.5. The number of benzene rings is 1. The molecule has 0 fully saturated rings. The lowest BCUT2D eigenvalue weighted by Gasteiger charge is -2.07. The van der Waals surface area contributed by atoms with Gasteiger partial charge in [0, 0.05) is 24.2 Å². The van der Waals surface area contributed by atoms with Gasteiger partial charge in [0.1, 0.15) is 11.6 Å². The quantitative estimate of drug-likeness (QED) is 0.846. The summed E-state index contributed by atoms with van der Waals surface area (Å²) in [6, 6.07) is 7.44. The van der Waals surface area contributed by atoms with Gasteiger partial charge >= 0.3 is 0 Å². The first-order chi connectivity index (χ1) is 8.65. The molecule has 2 rings (SSSR count). The largest absolute Gasteiger partial charge is 0.494 e. The summed E-state index contributed by atoms with van der Waals surface area (Å²) in [6.45, 7) is 3.40. The summed E-state index contributed by atoms with van der Waals surface area (Å²) < 4.78 is 7.45. The lowest BCUT2D eigenvalue weighted by Crippen LogP contribution is -2.05. The van der Waals surface area contributed by atoms with Gasteiger partial charge in [0.15, 0.2) is 0 Å². The van der Waals surface area contributed by atoms with Crippen LogP contribution in [-0.4, -0.2) is 16.4 Å². The second kappa shape index (κ2) is 5.78. The van der Waals surface area contributed by atoms with Crippen LogP contribution in [0.5, 0.6) is 5.75 Å². The van der Waals surface area contributed by atoms with Crippen molar-refractivity contribution in [3.63, 3.8) is 0 Å². The van der Waals surface area contributed by atoms with Crippen molar-refractivity contribution in [1.29, 1.82) is 0 Å². The Balaban J connectivity index is 1.76. The van der Waals surface area contributed by atoms with E-state index in [-0.39, 0.29) is 0 Å². The summed E-state index contributed by atoms with van der Waals surface area (Å²) in [6.07, 6.45) is 2.74. The van der Waals surface area contributed by atoms with E-state index in [1.165, 1.54) is 0 Å². The third-order valence-electron chi connectivity index (χ3n) is 2.59. The van der Waals surface area contributed by atoms with E-state index in [4.69, 9.17) is 22.1 Å². The molecule has 96 valence electrons. The molecule has 1 aromatic heterocycles. The molecule has 4 nitrogen and oxygen atoms in total. The standard InChI is InChI=1S/C13H16ClN3O/c1-10-9-11(3-4-12(10)14)18-8-2-6-17-7-5-13(15)16-17/h3-5,7,9H,2,6,8H2,1H3,(H2,15,16). The van der Waals surface area contributed by atoms with Gasteiger partial charge in [0.25, 0.3) is 0 Å². The van der Waals surface area contributed by atoms with Crippen molar-refractivity contribution in [2.75, 3.05) is 12.3 Å². The van der Waals surface area contributed by atoms with E-state index in [2.05, 4.69) is 5.10 Å². The Morgan fingerprint density at radius 3 is 2.89 bits per heavy atom. The molecule has 1 aromatic carbocycles. The predicted molar refractivity (Wildman–Crippen MR) is 72.9 cm³/mol. The third kappa shape index (κ3) is 3.40. The van der Waals surface area contributed by atoms with E-state index >= 15 is 0 Å². The minimum Gasteiger partial charge on any atom is -0.494 e. The van der Waals surface area contributed by atoms with Gasteiger partial charge in [-0.05, 0) is 36.8 Å². The summed E-state index contributed by atoms with van der Waals surface area (Å²) in [5.41, 5.74) is 6.55. The molecular formula is C13H16ClN3O. The first kappa shape index (κ1) is 12.8. The van der Waals surface area contributed by atoms with Gasteiger partial charge in [0.05, 0.1) is 6.61 Å². The number of ether oxygens (including phenoxy) is 1. The summed E-state index contributed by atoms with van der Waals surface area (Å²) in [7, 11) is 0. The third-order valence-corrected chi connectivity index (χ3v) is 3.02. The zero-order valence-electron chi connectivity index (χ0n) is 10.3. The molecule has 0 saturated heterocycles. The predicted octanol–water partition coefficient (Wildman–Crippen LogP) is 2.90. The molecule has 0 atom stereocenters. The molecule has 0 radical (unpaired) electrons. The number of aryl methyl sites for hydroxylation is 2. The SMILES string of the molecule is Cc1cc(OCCCn2ccc(N)n2)ccc1Cl. The molecule has 0 aliphatic carbocycles.